The summed E-state index contributed by atoms with van der Waals surface area (Å²) in [6.45, 7) is 4.79. The maximum absolute atomic E-state index is 11.9. The van der Waals surface area contributed by atoms with E-state index in [2.05, 4.69) is 9.28 Å². The predicted molar refractivity (Wildman–Crippen MR) is 61.1 cm³/mol. The lowest BCUT2D eigenvalue weighted by Crippen LogP contribution is -2.44. The van der Waals surface area contributed by atoms with Crippen molar-refractivity contribution >= 4 is 23.1 Å². The molecule has 0 aromatic rings. The molecule has 11 heteroatoms. The molecule has 0 heterocycles. The molecule has 0 saturated carbocycles. The molecule has 0 aliphatic carbocycles. The normalized spacial score (nSPS) is 14.8. The van der Waals surface area contributed by atoms with Gasteiger partial charge in [-0.2, -0.15) is 17.5 Å². The quantitative estimate of drug-likeness (QED) is 0.454. The van der Waals surface area contributed by atoms with Gasteiger partial charge in [-0.05, 0) is 20.8 Å². The van der Waals surface area contributed by atoms with E-state index in [1.807, 2.05) is 5.32 Å². The van der Waals surface area contributed by atoms with Gasteiger partial charge in [0.15, 0.2) is 0 Å². The average Bonchev–Trinajstić information content (AvgIpc) is 2.19. The zero-order valence-electron chi connectivity index (χ0n) is 10.6. The van der Waals surface area contributed by atoms with Gasteiger partial charge >= 0.3 is 11.6 Å². The van der Waals surface area contributed by atoms with Gasteiger partial charge in [-0.3, -0.25) is 10.3 Å². The van der Waals surface area contributed by atoms with Gasteiger partial charge in [0.05, 0.1) is 0 Å². The summed E-state index contributed by atoms with van der Waals surface area (Å²) in [6.07, 6.45) is -0.956. The zero-order valence-corrected chi connectivity index (χ0v) is 11.4. The number of hydrogen-bond donors (Lipinski definition) is 2. The standard InChI is InChI=1S/C8H14F3N3O4S/c1-7(2,3)17-6(15)13-5(12-4)14-18-19(16)8(9,10)11/h1-4H3,(H2,12,13,14,15). The number of rotatable bonds is 2. The number of amides is 1. The van der Waals surface area contributed by atoms with Crippen molar-refractivity contribution in [2.45, 2.75) is 31.9 Å². The Labute approximate surface area is 110 Å². The van der Waals surface area contributed by atoms with Crippen LogP contribution in [0.15, 0.2) is 4.99 Å². The SMILES string of the molecule is CN=C(NOS(=O)C(F)(F)F)NC(=O)OC(C)(C)C. The number of hydrogen-bond acceptors (Lipinski definition) is 5. The molecule has 112 valence electrons. The summed E-state index contributed by atoms with van der Waals surface area (Å²) in [5.41, 5.74) is -4.23. The van der Waals surface area contributed by atoms with Gasteiger partial charge in [0, 0.05) is 7.05 Å². The van der Waals surface area contributed by atoms with Crippen molar-refractivity contribution in [2.75, 3.05) is 7.05 Å². The molecule has 0 spiro atoms. The highest BCUT2D eigenvalue weighted by atomic mass is 32.2. The van der Waals surface area contributed by atoms with Crippen molar-refractivity contribution < 1.29 is 31.2 Å². The number of halogens is 3. The van der Waals surface area contributed by atoms with E-state index in [9.17, 15) is 22.2 Å². The molecule has 0 aromatic carbocycles. The fraction of sp³-hybridized carbons (Fsp3) is 0.750. The summed E-state index contributed by atoms with van der Waals surface area (Å²) in [4.78, 5) is 14.6. The Morgan fingerprint density at radius 3 is 2.16 bits per heavy atom. The highest BCUT2D eigenvalue weighted by Gasteiger charge is 2.39. The molecule has 0 radical (unpaired) electrons. The highest BCUT2D eigenvalue weighted by Crippen LogP contribution is 2.19. The lowest BCUT2D eigenvalue weighted by molar-refractivity contribution is -0.0489. The molecule has 0 aliphatic heterocycles. The molecule has 2 N–H and O–H groups in total. The van der Waals surface area contributed by atoms with Crippen LogP contribution in [0.2, 0.25) is 0 Å². The fourth-order valence-electron chi connectivity index (χ4n) is 0.652. The summed E-state index contributed by atoms with van der Waals surface area (Å²) < 4.78 is 54.7. The Hall–Kier alpha value is -1.36. The Bertz CT molecular complexity index is 378. The maximum atomic E-state index is 11.9. The van der Waals surface area contributed by atoms with E-state index in [1.54, 1.807) is 26.3 Å². The molecule has 1 atom stereocenters. The van der Waals surface area contributed by atoms with Crippen LogP contribution < -0.4 is 10.8 Å². The summed E-state index contributed by atoms with van der Waals surface area (Å²) >= 11 is -3.58. The first-order valence-electron chi connectivity index (χ1n) is 4.84. The minimum atomic E-state index is -5.04. The smallest absolute Gasteiger partial charge is 0.444 e. The first-order chi connectivity index (χ1) is 8.45. The highest BCUT2D eigenvalue weighted by molar-refractivity contribution is 7.81. The van der Waals surface area contributed by atoms with Crippen LogP contribution in [0.1, 0.15) is 20.8 Å². The summed E-state index contributed by atoms with van der Waals surface area (Å²) in [6, 6.07) is 0. The minimum Gasteiger partial charge on any atom is -0.444 e. The molecule has 0 aliphatic rings. The summed E-state index contributed by atoms with van der Waals surface area (Å²) in [5.74, 6) is -0.480. The van der Waals surface area contributed by atoms with Gasteiger partial charge in [-0.15, -0.1) is 0 Å². The number of carbonyl (C=O) groups excluding carboxylic acids is 1. The Morgan fingerprint density at radius 1 is 1.26 bits per heavy atom. The summed E-state index contributed by atoms with van der Waals surface area (Å²) in [7, 11) is 1.17. The molecule has 0 fully saturated rings. The number of nitrogens with zero attached hydrogens (tertiary/aromatic N) is 1. The number of aliphatic imine (C=N–C) groups is 1. The first-order valence-corrected chi connectivity index (χ1v) is 5.92. The number of guanidine groups is 1. The fourth-order valence-corrected chi connectivity index (χ4v) is 0.901. The third-order valence-electron chi connectivity index (χ3n) is 1.25. The second kappa shape index (κ2) is 6.70. The number of ether oxygens (including phenoxy) is 1. The molecule has 0 bridgehead atoms. The van der Waals surface area contributed by atoms with Gasteiger partial charge in [0.25, 0.3) is 11.1 Å². The summed E-state index contributed by atoms with van der Waals surface area (Å²) in [5, 5.41) is 1.98. The van der Waals surface area contributed by atoms with E-state index < -0.39 is 34.2 Å². The molecule has 7 nitrogen and oxygen atoms in total. The molecular weight excluding hydrogens is 291 g/mol. The molecule has 0 saturated heterocycles. The van der Waals surface area contributed by atoms with E-state index in [0.717, 1.165) is 0 Å². The van der Waals surface area contributed by atoms with Crippen molar-refractivity contribution in [3.63, 3.8) is 0 Å². The van der Waals surface area contributed by atoms with E-state index in [0.29, 0.717) is 0 Å². The minimum absolute atomic E-state index is 0.480. The van der Waals surface area contributed by atoms with Gasteiger partial charge in [-0.1, -0.05) is 0 Å². The van der Waals surface area contributed by atoms with Gasteiger partial charge in [0.1, 0.15) is 5.60 Å². The monoisotopic (exact) mass is 305 g/mol. The van der Waals surface area contributed by atoms with Crippen LogP contribution in [0, 0.1) is 0 Å². The molecule has 19 heavy (non-hydrogen) atoms. The third-order valence-corrected chi connectivity index (χ3v) is 1.86. The number of carbonyl (C=O) groups is 1. The zero-order chi connectivity index (χ0) is 15.3. The van der Waals surface area contributed by atoms with Crippen LogP contribution in [0.5, 0.6) is 0 Å². The van der Waals surface area contributed by atoms with Crippen LogP contribution in [-0.4, -0.2) is 34.4 Å². The van der Waals surface area contributed by atoms with Crippen LogP contribution in [0.3, 0.4) is 0 Å². The lowest BCUT2D eigenvalue weighted by Gasteiger charge is -2.20. The van der Waals surface area contributed by atoms with Gasteiger partial charge < -0.3 is 4.74 Å². The molecule has 1 amide bonds. The van der Waals surface area contributed by atoms with E-state index in [1.165, 1.54) is 7.05 Å². The molecule has 1 unspecified atom stereocenters. The van der Waals surface area contributed by atoms with Crippen molar-refractivity contribution in [2.24, 2.45) is 4.99 Å². The van der Waals surface area contributed by atoms with Gasteiger partial charge in [-0.25, -0.2) is 14.5 Å². The van der Waals surface area contributed by atoms with Crippen molar-refractivity contribution in [1.29, 1.82) is 0 Å². The molecule has 0 rings (SSSR count). The number of hydroxylamine groups is 1. The van der Waals surface area contributed by atoms with Crippen molar-refractivity contribution in [1.82, 2.24) is 10.8 Å². The van der Waals surface area contributed by atoms with E-state index >= 15 is 0 Å². The second-order valence-corrected chi connectivity index (χ2v) is 5.16. The molecule has 0 aromatic heterocycles. The topological polar surface area (TPSA) is 89.0 Å². The third kappa shape index (κ3) is 8.37. The van der Waals surface area contributed by atoms with Crippen LogP contribution >= 0.6 is 0 Å². The Balaban J connectivity index is 4.33. The first kappa shape index (κ1) is 17.6. The second-order valence-electron chi connectivity index (χ2n) is 4.06. The average molecular weight is 305 g/mol. The van der Waals surface area contributed by atoms with Gasteiger partial charge in [0.2, 0.25) is 5.96 Å². The Morgan fingerprint density at radius 2 is 1.79 bits per heavy atom. The lowest BCUT2D eigenvalue weighted by atomic mass is 10.2. The van der Waals surface area contributed by atoms with Crippen molar-refractivity contribution in [3.8, 4) is 0 Å². The molecular formula is C8H14F3N3O4S. The largest absolute Gasteiger partial charge is 0.499 e. The van der Waals surface area contributed by atoms with Crippen LogP contribution in [-0.2, 0) is 20.1 Å². The Kier molecular flexibility index (Phi) is 6.22. The number of alkyl halides is 3. The number of nitrogens with one attached hydrogen (secondary N) is 2. The van der Waals surface area contributed by atoms with E-state index in [4.69, 9.17) is 4.74 Å². The predicted octanol–water partition coefficient (Wildman–Crippen LogP) is 1.20. The number of alkyl carbamates (subject to hydrolysis) is 1. The maximum Gasteiger partial charge on any atom is 0.499 e. The van der Waals surface area contributed by atoms with E-state index in [-0.39, 0.29) is 0 Å². The van der Waals surface area contributed by atoms with Crippen molar-refractivity contribution in [3.05, 3.63) is 0 Å². The van der Waals surface area contributed by atoms with Crippen LogP contribution in [0.4, 0.5) is 18.0 Å². The van der Waals surface area contributed by atoms with Crippen LogP contribution in [0.25, 0.3) is 0 Å².